The van der Waals surface area contributed by atoms with Crippen LogP contribution in [0, 0.1) is 0 Å². The van der Waals surface area contributed by atoms with Crippen molar-refractivity contribution in [1.29, 1.82) is 0 Å². The van der Waals surface area contributed by atoms with Gasteiger partial charge in [0, 0.05) is 22.2 Å². The molecule has 0 amide bonds. The molecule has 10 rings (SSSR count). The van der Waals surface area contributed by atoms with Crippen LogP contribution < -0.4 is 4.90 Å². The summed E-state index contributed by atoms with van der Waals surface area (Å²) >= 11 is 0. The van der Waals surface area contributed by atoms with Crippen LogP contribution in [0.15, 0.2) is 217 Å². The van der Waals surface area contributed by atoms with E-state index < -0.39 is 0 Å². The first-order valence-electron chi connectivity index (χ1n) is 18.4. The van der Waals surface area contributed by atoms with E-state index in [4.69, 9.17) is 4.42 Å². The van der Waals surface area contributed by atoms with Gasteiger partial charge in [-0.2, -0.15) is 0 Å². The first-order chi connectivity index (χ1) is 26.8. The molecule has 2 heteroatoms. The summed E-state index contributed by atoms with van der Waals surface area (Å²) < 4.78 is 6.80. The first-order valence-corrected chi connectivity index (χ1v) is 18.4. The van der Waals surface area contributed by atoms with Crippen molar-refractivity contribution in [2.24, 2.45) is 0 Å². The summed E-state index contributed by atoms with van der Waals surface area (Å²) in [5.41, 5.74) is 14.2. The van der Waals surface area contributed by atoms with E-state index in [0.29, 0.717) is 0 Å². The monoisotopic (exact) mass is 689 g/mol. The minimum absolute atomic E-state index is 0.866. The highest BCUT2D eigenvalue weighted by atomic mass is 16.3. The number of nitrogens with zero attached hydrogens (tertiary/aromatic N) is 1. The predicted molar refractivity (Wildman–Crippen MR) is 228 cm³/mol. The van der Waals surface area contributed by atoms with Gasteiger partial charge in [0.15, 0.2) is 0 Å². The minimum Gasteiger partial charge on any atom is -0.455 e. The molecule has 254 valence electrons. The van der Waals surface area contributed by atoms with Crippen molar-refractivity contribution in [2.75, 3.05) is 4.90 Å². The van der Waals surface area contributed by atoms with Gasteiger partial charge in [-0.1, -0.05) is 176 Å². The van der Waals surface area contributed by atoms with Gasteiger partial charge in [-0.25, -0.2) is 0 Å². The second kappa shape index (κ2) is 13.4. The molecule has 0 saturated carbocycles. The second-order valence-electron chi connectivity index (χ2n) is 13.6. The highest BCUT2D eigenvalue weighted by Crippen LogP contribution is 2.49. The molecule has 0 aliphatic heterocycles. The van der Waals surface area contributed by atoms with E-state index in [0.717, 1.165) is 61.3 Å². The largest absolute Gasteiger partial charge is 0.455 e. The summed E-state index contributed by atoms with van der Waals surface area (Å²) in [6.07, 6.45) is 0. The molecule has 10 aromatic rings. The molecular formula is C52H35NO. The predicted octanol–water partition coefficient (Wildman–Crippen LogP) is 14.9. The van der Waals surface area contributed by atoms with Crippen LogP contribution in [-0.4, -0.2) is 0 Å². The van der Waals surface area contributed by atoms with Gasteiger partial charge < -0.3 is 9.32 Å². The standard InChI is InChI=1S/C52H35NO/c1-3-17-36(18-4-1)41-25-9-10-27-43(41)39-23-15-24-40(35-39)53(48-31-13-11-28-46(48)45-30-16-22-37-21-7-8-26-42(37)45)49-34-33-44(38-19-5-2-6-20-38)52-51(49)47-29-12-14-32-50(47)54-52/h1-35H. The SMILES string of the molecule is c1ccc(-c2ccccc2-c2cccc(N(c3ccccc3-c3cccc4ccccc34)c3ccc(-c4ccccc4)c4oc5ccccc5c34)c2)cc1. The maximum atomic E-state index is 6.80. The van der Waals surface area contributed by atoms with Gasteiger partial charge in [-0.3, -0.25) is 0 Å². The fraction of sp³-hybridized carbons (Fsp3) is 0. The Morgan fingerprint density at radius 2 is 0.889 bits per heavy atom. The molecule has 1 heterocycles. The fourth-order valence-electron chi connectivity index (χ4n) is 8.02. The Morgan fingerprint density at radius 1 is 0.333 bits per heavy atom. The van der Waals surface area contributed by atoms with E-state index >= 15 is 0 Å². The summed E-state index contributed by atoms with van der Waals surface area (Å²) in [5, 5.41) is 4.59. The van der Waals surface area contributed by atoms with Gasteiger partial charge in [0.2, 0.25) is 0 Å². The van der Waals surface area contributed by atoms with Gasteiger partial charge in [0.1, 0.15) is 11.2 Å². The van der Waals surface area contributed by atoms with Crippen LogP contribution in [0.4, 0.5) is 17.1 Å². The van der Waals surface area contributed by atoms with Crippen LogP contribution in [0.25, 0.3) is 77.2 Å². The van der Waals surface area contributed by atoms with Crippen molar-refractivity contribution >= 4 is 49.8 Å². The lowest BCUT2D eigenvalue weighted by atomic mass is 9.93. The van der Waals surface area contributed by atoms with Gasteiger partial charge in [-0.05, 0) is 80.6 Å². The molecule has 0 aliphatic rings. The van der Waals surface area contributed by atoms with Gasteiger partial charge in [0.25, 0.3) is 0 Å². The van der Waals surface area contributed by atoms with E-state index in [9.17, 15) is 0 Å². The van der Waals surface area contributed by atoms with Crippen LogP contribution in [-0.2, 0) is 0 Å². The van der Waals surface area contributed by atoms with Crippen molar-refractivity contribution in [3.63, 3.8) is 0 Å². The number of hydrogen-bond donors (Lipinski definition) is 0. The average molecular weight is 690 g/mol. The van der Waals surface area contributed by atoms with E-state index in [1.165, 1.54) is 33.0 Å². The van der Waals surface area contributed by atoms with Crippen LogP contribution in [0.5, 0.6) is 0 Å². The summed E-state index contributed by atoms with van der Waals surface area (Å²) in [4.78, 5) is 2.44. The lowest BCUT2D eigenvalue weighted by Gasteiger charge is -2.29. The van der Waals surface area contributed by atoms with Crippen molar-refractivity contribution in [1.82, 2.24) is 0 Å². The zero-order valence-electron chi connectivity index (χ0n) is 29.6. The van der Waals surface area contributed by atoms with E-state index in [1.54, 1.807) is 0 Å². The number of rotatable bonds is 7. The van der Waals surface area contributed by atoms with E-state index in [1.807, 2.05) is 6.07 Å². The fourth-order valence-corrected chi connectivity index (χ4v) is 8.02. The molecule has 0 N–H and O–H groups in total. The van der Waals surface area contributed by atoms with Crippen molar-refractivity contribution in [3.8, 4) is 44.5 Å². The molecule has 0 saturated heterocycles. The zero-order chi connectivity index (χ0) is 35.8. The molecule has 0 aliphatic carbocycles. The summed E-state index contributed by atoms with van der Waals surface area (Å²) in [6, 6.07) is 75.8. The molecule has 9 aromatic carbocycles. The Morgan fingerprint density at radius 3 is 1.69 bits per heavy atom. The first kappa shape index (κ1) is 31.6. The number of benzene rings is 9. The highest BCUT2D eigenvalue weighted by Gasteiger charge is 2.25. The molecular weight excluding hydrogens is 655 g/mol. The Balaban J connectivity index is 1.27. The molecule has 0 bridgehead atoms. The third-order valence-electron chi connectivity index (χ3n) is 10.5. The summed E-state index contributed by atoms with van der Waals surface area (Å²) in [5.74, 6) is 0. The van der Waals surface area contributed by atoms with Crippen LogP contribution in [0.2, 0.25) is 0 Å². The van der Waals surface area contributed by atoms with Gasteiger partial charge in [0.05, 0.1) is 16.8 Å². The molecule has 2 nitrogen and oxygen atoms in total. The lowest BCUT2D eigenvalue weighted by Crippen LogP contribution is -2.12. The number of hydrogen-bond acceptors (Lipinski definition) is 2. The van der Waals surface area contributed by atoms with Crippen LogP contribution >= 0.6 is 0 Å². The van der Waals surface area contributed by atoms with Gasteiger partial charge >= 0.3 is 0 Å². The van der Waals surface area contributed by atoms with Crippen molar-refractivity contribution in [2.45, 2.75) is 0 Å². The van der Waals surface area contributed by atoms with Crippen molar-refractivity contribution in [3.05, 3.63) is 212 Å². The Kier molecular flexibility index (Phi) is 7.85. The summed E-state index contributed by atoms with van der Waals surface area (Å²) in [6.45, 7) is 0. The van der Waals surface area contributed by atoms with Crippen LogP contribution in [0.3, 0.4) is 0 Å². The third-order valence-corrected chi connectivity index (χ3v) is 10.5. The second-order valence-corrected chi connectivity index (χ2v) is 13.6. The van der Waals surface area contributed by atoms with E-state index in [2.05, 4.69) is 211 Å². The number of fused-ring (bicyclic) bond motifs is 4. The van der Waals surface area contributed by atoms with Gasteiger partial charge in [-0.15, -0.1) is 0 Å². The number of furan rings is 1. The Labute approximate surface area is 314 Å². The Hall–Kier alpha value is -7.16. The molecule has 0 unspecified atom stereocenters. The Bertz CT molecular complexity index is 2940. The quantitative estimate of drug-likeness (QED) is 0.166. The molecule has 54 heavy (non-hydrogen) atoms. The smallest absolute Gasteiger partial charge is 0.145 e. The normalized spacial score (nSPS) is 11.3. The molecule has 0 atom stereocenters. The van der Waals surface area contributed by atoms with Crippen LogP contribution in [0.1, 0.15) is 0 Å². The average Bonchev–Trinajstić information content (AvgIpc) is 3.65. The maximum absolute atomic E-state index is 6.80. The van der Waals surface area contributed by atoms with Crippen molar-refractivity contribution < 1.29 is 4.42 Å². The van der Waals surface area contributed by atoms with E-state index in [-0.39, 0.29) is 0 Å². The minimum atomic E-state index is 0.866. The zero-order valence-corrected chi connectivity index (χ0v) is 29.6. The topological polar surface area (TPSA) is 16.4 Å². The molecule has 0 radical (unpaired) electrons. The summed E-state index contributed by atoms with van der Waals surface area (Å²) in [7, 11) is 0. The molecule has 0 spiro atoms. The number of anilines is 3. The molecule has 1 aromatic heterocycles. The lowest BCUT2D eigenvalue weighted by molar-refractivity contribution is 0.670. The number of para-hydroxylation sites is 2. The maximum Gasteiger partial charge on any atom is 0.145 e. The molecule has 0 fully saturated rings. The highest BCUT2D eigenvalue weighted by molar-refractivity contribution is 6.17. The third kappa shape index (κ3) is 5.44.